The minimum absolute atomic E-state index is 0.0565. The van der Waals surface area contributed by atoms with Gasteiger partial charge < -0.3 is 4.74 Å². The Hall–Kier alpha value is -2.85. The van der Waals surface area contributed by atoms with Crippen molar-refractivity contribution in [2.45, 2.75) is 4.90 Å². The number of halogens is 3. The number of aromatic amines is 1. The zero-order valence-corrected chi connectivity index (χ0v) is 14.8. The lowest BCUT2D eigenvalue weighted by atomic mass is 10.1. The third-order valence-corrected chi connectivity index (χ3v) is 5.50. The van der Waals surface area contributed by atoms with Crippen molar-refractivity contribution in [3.63, 3.8) is 0 Å². The van der Waals surface area contributed by atoms with E-state index < -0.39 is 39.1 Å². The highest BCUT2D eigenvalue weighted by Gasteiger charge is 2.31. The summed E-state index contributed by atoms with van der Waals surface area (Å²) in [6.07, 6.45) is 1.41. The molecule has 0 saturated heterocycles. The maximum Gasteiger partial charge on any atom is 0.269 e. The van der Waals surface area contributed by atoms with Crippen molar-refractivity contribution >= 4 is 15.7 Å². The highest BCUT2D eigenvalue weighted by Crippen LogP contribution is 2.32. The lowest BCUT2D eigenvalue weighted by Gasteiger charge is -2.24. The predicted octanol–water partition coefficient (Wildman–Crippen LogP) is 3.29. The third-order valence-electron chi connectivity index (χ3n) is 3.75. The van der Waals surface area contributed by atoms with Crippen LogP contribution in [0.4, 0.5) is 18.9 Å². The van der Waals surface area contributed by atoms with Crippen molar-refractivity contribution in [1.29, 1.82) is 0 Å². The molecule has 27 heavy (non-hydrogen) atoms. The summed E-state index contributed by atoms with van der Waals surface area (Å²) in [7, 11) is -3.45. The van der Waals surface area contributed by atoms with Crippen molar-refractivity contribution in [2.75, 3.05) is 18.1 Å². The second-order valence-electron chi connectivity index (χ2n) is 5.46. The first-order chi connectivity index (χ1) is 12.9. The van der Waals surface area contributed by atoms with Crippen LogP contribution >= 0.6 is 0 Å². The first kappa shape index (κ1) is 18.9. The van der Waals surface area contributed by atoms with E-state index in [4.69, 9.17) is 4.74 Å². The van der Waals surface area contributed by atoms with Crippen molar-refractivity contribution in [3.8, 4) is 11.3 Å². The summed E-state index contributed by atoms with van der Waals surface area (Å²) in [6.45, 7) is -0.609. The number of hydrogen-bond donors (Lipinski definition) is 1. The standard InChI is InChI=1S/C17H14F3N3O3S/c1-26-10-23(27(24,25)16-9-11(18)5-6-13(16)19)15-4-2-3-12(17(15)20)14-7-8-21-22-14/h2-9H,10H2,1H3,(H,21,22). The Morgan fingerprint density at radius 1 is 1.15 bits per heavy atom. The Labute approximate surface area is 153 Å². The van der Waals surface area contributed by atoms with Crippen LogP contribution in [-0.4, -0.2) is 32.5 Å². The van der Waals surface area contributed by atoms with Crippen LogP contribution in [0.2, 0.25) is 0 Å². The molecular weight excluding hydrogens is 383 g/mol. The summed E-state index contributed by atoms with van der Waals surface area (Å²) >= 11 is 0. The number of nitrogens with one attached hydrogen (secondary N) is 1. The fraction of sp³-hybridized carbons (Fsp3) is 0.118. The molecule has 0 spiro atoms. The van der Waals surface area contributed by atoms with E-state index in [-0.39, 0.29) is 11.3 Å². The molecule has 142 valence electrons. The molecule has 0 aliphatic rings. The van der Waals surface area contributed by atoms with E-state index in [1.807, 2.05) is 0 Å². The predicted molar refractivity (Wildman–Crippen MR) is 91.9 cm³/mol. The van der Waals surface area contributed by atoms with E-state index >= 15 is 4.39 Å². The summed E-state index contributed by atoms with van der Waals surface area (Å²) in [6, 6.07) is 7.55. The molecule has 10 heteroatoms. The van der Waals surface area contributed by atoms with Crippen LogP contribution in [0.5, 0.6) is 0 Å². The third kappa shape index (κ3) is 3.53. The summed E-state index contributed by atoms with van der Waals surface area (Å²) < 4.78 is 73.8. The zero-order chi connectivity index (χ0) is 19.6. The molecule has 0 bridgehead atoms. The molecule has 3 rings (SSSR count). The van der Waals surface area contributed by atoms with E-state index in [2.05, 4.69) is 10.2 Å². The fourth-order valence-corrected chi connectivity index (χ4v) is 3.96. The molecule has 6 nitrogen and oxygen atoms in total. The average Bonchev–Trinajstić information content (AvgIpc) is 3.16. The maximum absolute atomic E-state index is 15.1. The minimum atomic E-state index is -4.65. The SMILES string of the molecule is COCN(c1cccc(-c2ccn[nH]2)c1F)S(=O)(=O)c1cc(F)ccc1F. The molecule has 0 saturated carbocycles. The van der Waals surface area contributed by atoms with Gasteiger partial charge in [0.1, 0.15) is 23.3 Å². The summed E-state index contributed by atoms with van der Waals surface area (Å²) in [5, 5.41) is 6.31. The van der Waals surface area contributed by atoms with Gasteiger partial charge in [-0.05, 0) is 36.4 Å². The number of nitrogens with zero attached hydrogens (tertiary/aromatic N) is 2. The van der Waals surface area contributed by atoms with Crippen LogP contribution in [0.25, 0.3) is 11.3 Å². The molecule has 0 aliphatic carbocycles. The summed E-state index contributed by atoms with van der Waals surface area (Å²) in [5.74, 6) is -3.00. The van der Waals surface area contributed by atoms with Crippen molar-refractivity contribution < 1.29 is 26.3 Å². The smallest absolute Gasteiger partial charge is 0.269 e. The fourth-order valence-electron chi connectivity index (χ4n) is 2.51. The maximum atomic E-state index is 15.1. The molecule has 0 atom stereocenters. The van der Waals surface area contributed by atoms with E-state index in [1.165, 1.54) is 37.6 Å². The first-order valence-electron chi connectivity index (χ1n) is 7.61. The Kier molecular flexibility index (Phi) is 5.19. The topological polar surface area (TPSA) is 75.3 Å². The van der Waals surface area contributed by atoms with Crippen LogP contribution in [0.1, 0.15) is 0 Å². The second-order valence-corrected chi connectivity index (χ2v) is 7.29. The van der Waals surface area contributed by atoms with Crippen LogP contribution in [0, 0.1) is 17.5 Å². The van der Waals surface area contributed by atoms with Gasteiger partial charge in [0.25, 0.3) is 10.0 Å². The van der Waals surface area contributed by atoms with E-state index in [0.29, 0.717) is 22.1 Å². The highest BCUT2D eigenvalue weighted by atomic mass is 32.2. The van der Waals surface area contributed by atoms with Gasteiger partial charge in [0.2, 0.25) is 0 Å². The Balaban J connectivity index is 2.17. The Bertz CT molecular complexity index is 1060. The largest absolute Gasteiger partial charge is 0.363 e. The molecule has 3 aromatic rings. The molecule has 1 aromatic heterocycles. The van der Waals surface area contributed by atoms with Gasteiger partial charge in [0.15, 0.2) is 5.82 Å². The molecule has 0 unspecified atom stereocenters. The first-order valence-corrected chi connectivity index (χ1v) is 9.05. The van der Waals surface area contributed by atoms with Gasteiger partial charge in [-0.1, -0.05) is 6.07 Å². The second kappa shape index (κ2) is 7.41. The Morgan fingerprint density at radius 2 is 1.93 bits per heavy atom. The zero-order valence-electron chi connectivity index (χ0n) is 14.0. The van der Waals surface area contributed by atoms with Crippen LogP contribution in [-0.2, 0) is 14.8 Å². The monoisotopic (exact) mass is 397 g/mol. The molecular formula is C17H14F3N3O3S. The molecule has 0 amide bonds. The molecule has 0 aliphatic heterocycles. The number of aromatic nitrogens is 2. The van der Waals surface area contributed by atoms with Crippen molar-refractivity contribution in [3.05, 3.63) is 66.1 Å². The molecule has 1 heterocycles. The average molecular weight is 397 g/mol. The van der Waals surface area contributed by atoms with Gasteiger partial charge in [-0.2, -0.15) is 5.10 Å². The van der Waals surface area contributed by atoms with Gasteiger partial charge >= 0.3 is 0 Å². The van der Waals surface area contributed by atoms with Crippen molar-refractivity contribution in [1.82, 2.24) is 10.2 Å². The number of methoxy groups -OCH3 is 1. The number of ether oxygens (including phenoxy) is 1. The van der Waals surface area contributed by atoms with Gasteiger partial charge in [0.05, 0.1) is 11.4 Å². The number of anilines is 1. The van der Waals surface area contributed by atoms with Crippen LogP contribution in [0.3, 0.4) is 0 Å². The number of hydrogen-bond acceptors (Lipinski definition) is 4. The van der Waals surface area contributed by atoms with E-state index in [9.17, 15) is 17.2 Å². The number of sulfonamides is 1. The minimum Gasteiger partial charge on any atom is -0.363 e. The quantitative estimate of drug-likeness (QED) is 0.648. The lowest BCUT2D eigenvalue weighted by molar-refractivity contribution is 0.209. The summed E-state index contributed by atoms with van der Waals surface area (Å²) in [4.78, 5) is -0.925. The molecule has 1 N–H and O–H groups in total. The van der Waals surface area contributed by atoms with Crippen molar-refractivity contribution in [2.24, 2.45) is 0 Å². The number of benzene rings is 2. The summed E-state index contributed by atoms with van der Waals surface area (Å²) in [5.41, 5.74) is -0.00493. The lowest BCUT2D eigenvalue weighted by Crippen LogP contribution is -2.34. The molecule has 0 fully saturated rings. The highest BCUT2D eigenvalue weighted by molar-refractivity contribution is 7.92. The normalized spacial score (nSPS) is 11.6. The van der Waals surface area contributed by atoms with Gasteiger partial charge in [-0.15, -0.1) is 0 Å². The number of H-pyrrole nitrogens is 1. The van der Waals surface area contributed by atoms with Gasteiger partial charge in [-0.3, -0.25) is 5.10 Å². The molecule has 2 aromatic carbocycles. The Morgan fingerprint density at radius 3 is 2.59 bits per heavy atom. The van der Waals surface area contributed by atoms with Crippen LogP contribution in [0.15, 0.2) is 53.6 Å². The molecule has 0 radical (unpaired) electrons. The van der Waals surface area contributed by atoms with E-state index in [1.54, 1.807) is 0 Å². The van der Waals surface area contributed by atoms with Gasteiger partial charge in [-0.25, -0.2) is 25.9 Å². The van der Waals surface area contributed by atoms with Gasteiger partial charge in [0, 0.05) is 18.9 Å². The number of rotatable bonds is 6. The van der Waals surface area contributed by atoms with E-state index in [0.717, 1.165) is 6.07 Å². The van der Waals surface area contributed by atoms with Crippen LogP contribution < -0.4 is 4.31 Å².